The molecule has 0 spiro atoms. The smallest absolute Gasteiger partial charge is 0.243 e. The van der Waals surface area contributed by atoms with E-state index in [-0.39, 0.29) is 16.4 Å². The maximum absolute atomic E-state index is 12.5. The van der Waals surface area contributed by atoms with Crippen LogP contribution in [-0.4, -0.2) is 25.8 Å². The largest absolute Gasteiger partial charge is 0.324 e. The summed E-state index contributed by atoms with van der Waals surface area (Å²) in [6.07, 6.45) is 0. The molecule has 0 aliphatic heterocycles. The van der Waals surface area contributed by atoms with E-state index in [1.165, 1.54) is 4.31 Å². The number of sulfonamides is 1. The molecule has 0 aromatic heterocycles. The van der Waals surface area contributed by atoms with Crippen LogP contribution in [0.3, 0.4) is 0 Å². The summed E-state index contributed by atoms with van der Waals surface area (Å²) in [6.45, 7) is 7.97. The molecular weight excluding hydrogens is 262 g/mol. The zero-order valence-electron chi connectivity index (χ0n) is 12.1. The van der Waals surface area contributed by atoms with Gasteiger partial charge < -0.3 is 5.43 Å². The van der Waals surface area contributed by atoms with Crippen LogP contribution in [0.15, 0.2) is 29.2 Å². The number of anilines is 1. The molecule has 3 N–H and O–H groups in total. The zero-order chi connectivity index (χ0) is 14.8. The minimum Gasteiger partial charge on any atom is -0.324 e. The van der Waals surface area contributed by atoms with Gasteiger partial charge in [-0.2, -0.15) is 4.31 Å². The quantitative estimate of drug-likeness (QED) is 0.655. The van der Waals surface area contributed by atoms with Gasteiger partial charge in [-0.1, -0.05) is 20.8 Å². The Balaban J connectivity index is 3.09. The molecule has 0 bridgehead atoms. The fourth-order valence-corrected chi connectivity index (χ4v) is 3.19. The summed E-state index contributed by atoms with van der Waals surface area (Å²) in [5.74, 6) is 5.26. The Morgan fingerprint density at radius 3 is 2.05 bits per heavy atom. The van der Waals surface area contributed by atoms with Crippen molar-refractivity contribution in [3.05, 3.63) is 24.3 Å². The fourth-order valence-electron chi connectivity index (χ4n) is 1.64. The zero-order valence-corrected chi connectivity index (χ0v) is 13.0. The van der Waals surface area contributed by atoms with E-state index in [4.69, 9.17) is 5.84 Å². The summed E-state index contributed by atoms with van der Waals surface area (Å²) in [5.41, 5.74) is 3.02. The number of nitrogens with zero attached hydrogens (tertiary/aromatic N) is 1. The molecule has 0 saturated heterocycles. The average molecular weight is 285 g/mol. The molecule has 5 nitrogen and oxygen atoms in total. The van der Waals surface area contributed by atoms with Crippen LogP contribution in [0.25, 0.3) is 0 Å². The molecule has 1 aromatic carbocycles. The lowest BCUT2D eigenvalue weighted by molar-refractivity contribution is 0.216. The molecule has 0 amide bonds. The first-order valence-electron chi connectivity index (χ1n) is 6.15. The number of hydrogen-bond acceptors (Lipinski definition) is 4. The summed E-state index contributed by atoms with van der Waals surface area (Å²) in [5, 5.41) is 0. The first-order chi connectivity index (χ1) is 8.60. The number of nitrogens with two attached hydrogens (primary N) is 1. The van der Waals surface area contributed by atoms with Crippen molar-refractivity contribution in [1.82, 2.24) is 4.31 Å². The molecule has 19 heavy (non-hydrogen) atoms. The Morgan fingerprint density at radius 2 is 1.68 bits per heavy atom. The highest BCUT2D eigenvalue weighted by Crippen LogP contribution is 2.27. The molecule has 1 atom stereocenters. The molecule has 0 saturated carbocycles. The van der Waals surface area contributed by atoms with Crippen molar-refractivity contribution < 1.29 is 8.42 Å². The van der Waals surface area contributed by atoms with Gasteiger partial charge in [-0.05, 0) is 36.6 Å². The SMILES string of the molecule is CC(N(C)S(=O)(=O)c1ccc(NN)cc1)C(C)(C)C. The summed E-state index contributed by atoms with van der Waals surface area (Å²) < 4.78 is 26.4. The van der Waals surface area contributed by atoms with E-state index in [9.17, 15) is 8.42 Å². The molecule has 1 aromatic rings. The second-order valence-electron chi connectivity index (χ2n) is 5.73. The molecule has 0 fully saturated rings. The summed E-state index contributed by atoms with van der Waals surface area (Å²) in [6, 6.07) is 6.28. The van der Waals surface area contributed by atoms with Crippen LogP contribution in [0, 0.1) is 5.41 Å². The first kappa shape index (κ1) is 15.9. The molecule has 1 rings (SSSR count). The van der Waals surface area contributed by atoms with Gasteiger partial charge in [0.2, 0.25) is 10.0 Å². The first-order valence-corrected chi connectivity index (χ1v) is 7.59. The van der Waals surface area contributed by atoms with Crippen LogP contribution in [0.4, 0.5) is 5.69 Å². The van der Waals surface area contributed by atoms with Crippen LogP contribution < -0.4 is 11.3 Å². The maximum Gasteiger partial charge on any atom is 0.243 e. The van der Waals surface area contributed by atoms with E-state index in [1.54, 1.807) is 31.3 Å². The minimum atomic E-state index is -3.48. The van der Waals surface area contributed by atoms with E-state index in [0.717, 1.165) is 0 Å². The Labute approximate surface area is 115 Å². The third-order valence-corrected chi connectivity index (χ3v) is 5.44. The highest BCUT2D eigenvalue weighted by Gasteiger charge is 2.32. The monoisotopic (exact) mass is 285 g/mol. The van der Waals surface area contributed by atoms with Gasteiger partial charge in [0, 0.05) is 18.8 Å². The lowest BCUT2D eigenvalue weighted by atomic mass is 9.88. The number of hydrazine groups is 1. The van der Waals surface area contributed by atoms with Crippen molar-refractivity contribution in [3.63, 3.8) is 0 Å². The lowest BCUT2D eigenvalue weighted by Gasteiger charge is -2.34. The van der Waals surface area contributed by atoms with Crippen molar-refractivity contribution in [3.8, 4) is 0 Å². The van der Waals surface area contributed by atoms with Crippen molar-refractivity contribution in [2.24, 2.45) is 11.3 Å². The van der Waals surface area contributed by atoms with Crippen LogP contribution in [0.2, 0.25) is 0 Å². The number of hydrogen-bond donors (Lipinski definition) is 2. The second-order valence-corrected chi connectivity index (χ2v) is 7.73. The molecule has 0 heterocycles. The summed E-state index contributed by atoms with van der Waals surface area (Å²) >= 11 is 0. The second kappa shape index (κ2) is 5.48. The Bertz CT molecular complexity index is 518. The topological polar surface area (TPSA) is 75.4 Å². The van der Waals surface area contributed by atoms with Gasteiger partial charge in [0.15, 0.2) is 0 Å². The third kappa shape index (κ3) is 3.46. The molecule has 108 valence electrons. The Morgan fingerprint density at radius 1 is 1.21 bits per heavy atom. The maximum atomic E-state index is 12.5. The average Bonchev–Trinajstić information content (AvgIpc) is 2.35. The van der Waals surface area contributed by atoms with Gasteiger partial charge in [0.1, 0.15) is 0 Å². The van der Waals surface area contributed by atoms with E-state index in [2.05, 4.69) is 5.43 Å². The van der Waals surface area contributed by atoms with Crippen molar-refractivity contribution in [2.45, 2.75) is 38.6 Å². The molecule has 6 heteroatoms. The summed E-state index contributed by atoms with van der Waals surface area (Å²) in [7, 11) is -1.87. The number of nitrogen functional groups attached to an aromatic ring is 1. The van der Waals surface area contributed by atoms with E-state index < -0.39 is 10.0 Å². The van der Waals surface area contributed by atoms with Gasteiger partial charge in [-0.15, -0.1) is 0 Å². The Kier molecular flexibility index (Phi) is 4.60. The van der Waals surface area contributed by atoms with Crippen LogP contribution >= 0.6 is 0 Å². The normalized spacial score (nSPS) is 14.5. The van der Waals surface area contributed by atoms with Crippen molar-refractivity contribution >= 4 is 15.7 Å². The predicted molar refractivity (Wildman–Crippen MR) is 78.1 cm³/mol. The van der Waals surface area contributed by atoms with Gasteiger partial charge in [-0.3, -0.25) is 5.84 Å². The van der Waals surface area contributed by atoms with Crippen LogP contribution in [0.1, 0.15) is 27.7 Å². The Hall–Kier alpha value is -1.11. The highest BCUT2D eigenvalue weighted by atomic mass is 32.2. The molecular formula is C13H23N3O2S. The van der Waals surface area contributed by atoms with Crippen LogP contribution in [-0.2, 0) is 10.0 Å². The van der Waals surface area contributed by atoms with E-state index >= 15 is 0 Å². The number of benzene rings is 1. The molecule has 0 aliphatic carbocycles. The van der Waals surface area contributed by atoms with Crippen LogP contribution in [0.5, 0.6) is 0 Å². The molecule has 1 unspecified atom stereocenters. The molecule has 0 aliphatic rings. The summed E-state index contributed by atoms with van der Waals surface area (Å²) in [4.78, 5) is 0.269. The van der Waals surface area contributed by atoms with Gasteiger partial charge >= 0.3 is 0 Å². The standard InChI is InChI=1S/C13H23N3O2S/c1-10(13(2,3)4)16(5)19(17,18)12-8-6-11(15-14)7-9-12/h6-10,15H,14H2,1-5H3. The fraction of sp³-hybridized carbons (Fsp3) is 0.538. The van der Waals surface area contributed by atoms with Gasteiger partial charge in [0.05, 0.1) is 4.90 Å². The molecule has 0 radical (unpaired) electrons. The van der Waals surface area contributed by atoms with E-state index in [1.807, 2.05) is 27.7 Å². The minimum absolute atomic E-state index is 0.107. The van der Waals surface area contributed by atoms with Crippen molar-refractivity contribution in [2.75, 3.05) is 12.5 Å². The lowest BCUT2D eigenvalue weighted by Crippen LogP contribution is -2.42. The predicted octanol–water partition coefficient (Wildman–Crippen LogP) is 2.03. The number of nitrogens with one attached hydrogen (secondary N) is 1. The van der Waals surface area contributed by atoms with Gasteiger partial charge in [0.25, 0.3) is 0 Å². The van der Waals surface area contributed by atoms with E-state index in [0.29, 0.717) is 5.69 Å². The highest BCUT2D eigenvalue weighted by molar-refractivity contribution is 7.89. The van der Waals surface area contributed by atoms with Crippen molar-refractivity contribution in [1.29, 1.82) is 0 Å². The number of rotatable bonds is 4. The van der Waals surface area contributed by atoms with Gasteiger partial charge in [-0.25, -0.2) is 8.42 Å². The third-order valence-electron chi connectivity index (χ3n) is 3.50.